The van der Waals surface area contributed by atoms with Crippen LogP contribution in [0.4, 0.5) is 4.79 Å². The van der Waals surface area contributed by atoms with Crippen LogP contribution in [0.2, 0.25) is 0 Å². The Morgan fingerprint density at radius 3 is 1.71 bits per heavy atom. The SMILES string of the molecule is Cc1ccc(S(=O)(=O)OCCOCCOCCOCCOCCN(C)C(=O)OC(C)(C)C)cc1. The van der Waals surface area contributed by atoms with Gasteiger partial charge >= 0.3 is 6.09 Å². The van der Waals surface area contributed by atoms with Gasteiger partial charge in [0, 0.05) is 13.6 Å². The minimum Gasteiger partial charge on any atom is -0.444 e. The number of likely N-dealkylation sites (N-methyl/N-ethyl adjacent to an activating group) is 1. The fourth-order valence-corrected chi connectivity index (χ4v) is 3.26. The highest BCUT2D eigenvalue weighted by molar-refractivity contribution is 7.86. The van der Waals surface area contributed by atoms with Crippen molar-refractivity contribution in [3.8, 4) is 0 Å². The van der Waals surface area contributed by atoms with Crippen molar-refractivity contribution in [1.82, 2.24) is 4.90 Å². The maximum absolute atomic E-state index is 12.0. The molecule has 0 radical (unpaired) electrons. The van der Waals surface area contributed by atoms with Gasteiger partial charge in [-0.15, -0.1) is 0 Å². The second-order valence-corrected chi connectivity index (χ2v) is 10.1. The molecule has 34 heavy (non-hydrogen) atoms. The number of nitrogens with zero attached hydrogens (tertiary/aromatic N) is 1. The van der Waals surface area contributed by atoms with Crippen LogP contribution in [0, 0.1) is 6.92 Å². The molecule has 0 aliphatic carbocycles. The lowest BCUT2D eigenvalue weighted by molar-refractivity contribution is -0.00767. The van der Waals surface area contributed by atoms with Crippen molar-refractivity contribution < 1.29 is 41.1 Å². The summed E-state index contributed by atoms with van der Waals surface area (Å²) < 4.78 is 55.8. The topological polar surface area (TPSA) is 110 Å². The lowest BCUT2D eigenvalue weighted by Gasteiger charge is -2.24. The van der Waals surface area contributed by atoms with Crippen LogP contribution < -0.4 is 0 Å². The molecule has 0 saturated heterocycles. The van der Waals surface area contributed by atoms with Crippen LogP contribution in [0.1, 0.15) is 26.3 Å². The fraction of sp³-hybridized carbons (Fsp3) is 0.696. The number of hydrogen-bond donors (Lipinski definition) is 0. The van der Waals surface area contributed by atoms with Crippen molar-refractivity contribution in [2.75, 3.05) is 73.1 Å². The van der Waals surface area contributed by atoms with E-state index in [2.05, 4.69) is 0 Å². The van der Waals surface area contributed by atoms with E-state index >= 15 is 0 Å². The summed E-state index contributed by atoms with van der Waals surface area (Å²) in [6, 6.07) is 6.46. The van der Waals surface area contributed by atoms with E-state index in [1.807, 2.05) is 27.7 Å². The van der Waals surface area contributed by atoms with Gasteiger partial charge in [0.05, 0.1) is 64.4 Å². The van der Waals surface area contributed by atoms with Crippen LogP contribution in [-0.2, 0) is 38.0 Å². The van der Waals surface area contributed by atoms with Crippen molar-refractivity contribution in [1.29, 1.82) is 0 Å². The van der Waals surface area contributed by atoms with Crippen molar-refractivity contribution >= 4 is 16.2 Å². The highest BCUT2D eigenvalue weighted by Gasteiger charge is 2.19. The molecule has 0 fully saturated rings. The van der Waals surface area contributed by atoms with Gasteiger partial charge in [0.15, 0.2) is 0 Å². The molecule has 0 spiro atoms. The Labute approximate surface area is 203 Å². The van der Waals surface area contributed by atoms with Crippen molar-refractivity contribution in [2.24, 2.45) is 0 Å². The minimum atomic E-state index is -3.77. The van der Waals surface area contributed by atoms with E-state index in [1.54, 1.807) is 19.2 Å². The van der Waals surface area contributed by atoms with E-state index in [9.17, 15) is 13.2 Å². The summed E-state index contributed by atoms with van der Waals surface area (Å²) in [6.45, 7) is 10.6. The van der Waals surface area contributed by atoms with E-state index in [0.717, 1.165) is 5.56 Å². The zero-order valence-corrected chi connectivity index (χ0v) is 21.7. The molecule has 1 rings (SSSR count). The Bertz CT molecular complexity index is 792. The average molecular weight is 506 g/mol. The lowest BCUT2D eigenvalue weighted by atomic mass is 10.2. The summed E-state index contributed by atoms with van der Waals surface area (Å²) in [5, 5.41) is 0. The molecule has 1 amide bonds. The number of ether oxygens (including phenoxy) is 5. The number of aryl methyl sites for hydroxylation is 1. The van der Waals surface area contributed by atoms with Crippen LogP contribution in [0.15, 0.2) is 29.2 Å². The Balaban J connectivity index is 1.90. The zero-order chi connectivity index (χ0) is 25.5. The predicted octanol–water partition coefficient (Wildman–Crippen LogP) is 2.63. The number of carbonyl (C=O) groups is 1. The fourth-order valence-electron chi connectivity index (χ4n) is 2.37. The highest BCUT2D eigenvalue weighted by atomic mass is 32.2. The van der Waals surface area contributed by atoms with Gasteiger partial charge < -0.3 is 28.6 Å². The van der Waals surface area contributed by atoms with Crippen molar-refractivity contribution in [3.63, 3.8) is 0 Å². The van der Waals surface area contributed by atoms with Gasteiger partial charge in [0.1, 0.15) is 5.60 Å². The largest absolute Gasteiger partial charge is 0.444 e. The lowest BCUT2D eigenvalue weighted by Crippen LogP contribution is -2.36. The van der Waals surface area contributed by atoms with Gasteiger partial charge in [-0.2, -0.15) is 8.42 Å². The molecule has 0 heterocycles. The Hall–Kier alpha value is -1.76. The third-order valence-corrected chi connectivity index (χ3v) is 5.49. The molecular weight excluding hydrogens is 466 g/mol. The number of amides is 1. The third kappa shape index (κ3) is 14.5. The molecule has 0 atom stereocenters. The Kier molecular flexibility index (Phi) is 14.3. The van der Waals surface area contributed by atoms with Gasteiger partial charge in [0.25, 0.3) is 10.1 Å². The molecule has 1 aromatic rings. The molecule has 0 bridgehead atoms. The maximum Gasteiger partial charge on any atom is 0.410 e. The molecule has 1 aromatic carbocycles. The van der Waals surface area contributed by atoms with E-state index in [1.165, 1.54) is 17.0 Å². The number of rotatable bonds is 17. The Morgan fingerprint density at radius 1 is 0.794 bits per heavy atom. The first-order valence-corrected chi connectivity index (χ1v) is 12.6. The van der Waals surface area contributed by atoms with E-state index < -0.39 is 15.7 Å². The summed E-state index contributed by atoms with van der Waals surface area (Å²) in [5.74, 6) is 0. The van der Waals surface area contributed by atoms with Crippen LogP contribution in [0.5, 0.6) is 0 Å². The van der Waals surface area contributed by atoms with E-state index in [4.69, 9.17) is 27.9 Å². The molecule has 0 aliphatic rings. The number of benzene rings is 1. The third-order valence-electron chi connectivity index (χ3n) is 4.17. The zero-order valence-electron chi connectivity index (χ0n) is 20.9. The average Bonchev–Trinajstić information content (AvgIpc) is 2.75. The molecule has 0 N–H and O–H groups in total. The number of carbonyl (C=O) groups excluding carboxylic acids is 1. The van der Waals surface area contributed by atoms with Gasteiger partial charge in [-0.25, -0.2) is 4.79 Å². The highest BCUT2D eigenvalue weighted by Crippen LogP contribution is 2.13. The molecule has 196 valence electrons. The van der Waals surface area contributed by atoms with Crippen LogP contribution >= 0.6 is 0 Å². The summed E-state index contributed by atoms with van der Waals surface area (Å²) in [4.78, 5) is 13.4. The van der Waals surface area contributed by atoms with Gasteiger partial charge in [-0.05, 0) is 39.8 Å². The second-order valence-electron chi connectivity index (χ2n) is 8.44. The Morgan fingerprint density at radius 2 is 1.24 bits per heavy atom. The maximum atomic E-state index is 12.0. The normalized spacial score (nSPS) is 12.0. The van der Waals surface area contributed by atoms with Gasteiger partial charge in [-0.3, -0.25) is 4.18 Å². The summed E-state index contributed by atoms with van der Waals surface area (Å²) in [5.41, 5.74) is 0.453. The van der Waals surface area contributed by atoms with Crippen LogP contribution in [0.3, 0.4) is 0 Å². The molecule has 10 nitrogen and oxygen atoms in total. The quantitative estimate of drug-likeness (QED) is 0.233. The minimum absolute atomic E-state index is 0.0626. The van der Waals surface area contributed by atoms with E-state index in [0.29, 0.717) is 52.8 Å². The van der Waals surface area contributed by atoms with Crippen molar-refractivity contribution in [3.05, 3.63) is 29.8 Å². The summed E-state index contributed by atoms with van der Waals surface area (Å²) >= 11 is 0. The molecule has 0 aromatic heterocycles. The smallest absolute Gasteiger partial charge is 0.410 e. The molecular formula is C23H39NO9S. The standard InChI is InChI=1S/C23H39NO9S/c1-20-6-8-21(9-7-20)34(26,27)32-19-18-31-17-16-30-15-14-29-13-12-28-11-10-24(5)22(25)33-23(2,3)4/h6-9H,10-19H2,1-5H3. The van der Waals surface area contributed by atoms with Crippen molar-refractivity contribution in [2.45, 2.75) is 38.2 Å². The summed E-state index contributed by atoms with van der Waals surface area (Å²) in [6.07, 6.45) is -0.381. The first kappa shape index (κ1) is 30.3. The first-order valence-electron chi connectivity index (χ1n) is 11.2. The summed E-state index contributed by atoms with van der Waals surface area (Å²) in [7, 11) is -2.11. The first-order chi connectivity index (χ1) is 16.0. The molecule has 0 saturated carbocycles. The second kappa shape index (κ2) is 16.0. The molecule has 0 unspecified atom stereocenters. The van der Waals surface area contributed by atoms with Crippen LogP contribution in [0.25, 0.3) is 0 Å². The molecule has 0 aliphatic heterocycles. The molecule has 11 heteroatoms. The number of hydrogen-bond acceptors (Lipinski definition) is 9. The van der Waals surface area contributed by atoms with Gasteiger partial charge in [-0.1, -0.05) is 17.7 Å². The van der Waals surface area contributed by atoms with E-state index in [-0.39, 0.29) is 24.2 Å². The predicted molar refractivity (Wildman–Crippen MR) is 126 cm³/mol. The van der Waals surface area contributed by atoms with Gasteiger partial charge in [0.2, 0.25) is 0 Å². The van der Waals surface area contributed by atoms with Crippen LogP contribution in [-0.4, -0.2) is 98.1 Å². The monoisotopic (exact) mass is 505 g/mol.